The number of aromatic nitrogens is 1. The number of hydrogen-bond donors (Lipinski definition) is 2. The summed E-state index contributed by atoms with van der Waals surface area (Å²) >= 11 is 0. The number of hydrogen-bond acceptors (Lipinski definition) is 5. The maximum absolute atomic E-state index is 13.5. The van der Waals surface area contributed by atoms with Gasteiger partial charge in [-0.1, -0.05) is 40.7 Å². The number of carbonyl (C=O) groups is 1. The lowest BCUT2D eigenvalue weighted by Gasteiger charge is -2.22. The van der Waals surface area contributed by atoms with Gasteiger partial charge in [0.05, 0.1) is 32.4 Å². The second-order valence-corrected chi connectivity index (χ2v) is 7.71. The zero-order chi connectivity index (χ0) is 29.5. The van der Waals surface area contributed by atoms with E-state index >= 15 is 0 Å². The number of nitrogens with one attached hydrogen (secondary N) is 1. The molecule has 0 aliphatic carbocycles. The number of nitrogens with zero attached hydrogens (tertiary/aromatic N) is 1. The maximum atomic E-state index is 13.5. The third-order valence-electron chi connectivity index (χ3n) is 5.65. The standard InChI is InChI=1S/C14H16F4O2.C9H12N2O3.2C2H6/c1-7-10(6-20-13(7)14(16,17)18)9-4-5-11(15)8(2)12(9)19-3;1-14-11-4-2-8(10-7-13)6-9(11)3-5-12;2*1-2/h4-5,7,10,13H,6H2,1-3H3;2,4,6-7,12H,3,5H2,1H3;2*1-2H3/p+1. The highest BCUT2D eigenvalue weighted by atomic mass is 19.4. The van der Waals surface area contributed by atoms with Gasteiger partial charge in [0.25, 0.3) is 0 Å². The van der Waals surface area contributed by atoms with Gasteiger partial charge in [0, 0.05) is 39.8 Å². The van der Waals surface area contributed by atoms with Crippen LogP contribution in [0.5, 0.6) is 5.75 Å². The van der Waals surface area contributed by atoms with Crippen LogP contribution in [0, 0.1) is 18.7 Å². The lowest BCUT2D eigenvalue weighted by molar-refractivity contribution is -0.890. The number of aliphatic hydroxyl groups is 1. The Morgan fingerprint density at radius 3 is 2.29 bits per heavy atom. The zero-order valence-electron chi connectivity index (χ0n) is 23.4. The molecule has 1 aromatic heterocycles. The Balaban J connectivity index is 0.000000668. The first-order valence-corrected chi connectivity index (χ1v) is 12.5. The molecule has 1 saturated heterocycles. The number of aliphatic hydroxyl groups excluding tert-OH is 1. The van der Waals surface area contributed by atoms with Crippen LogP contribution in [0.25, 0.3) is 0 Å². The van der Waals surface area contributed by atoms with Crippen LogP contribution in [0.15, 0.2) is 30.5 Å². The molecule has 0 radical (unpaired) electrons. The Labute approximate surface area is 222 Å². The van der Waals surface area contributed by atoms with Gasteiger partial charge in [-0.3, -0.25) is 9.63 Å². The number of halogens is 4. The molecule has 38 heavy (non-hydrogen) atoms. The first kappa shape index (κ1) is 35.1. The molecule has 1 aliphatic rings. The summed E-state index contributed by atoms with van der Waals surface area (Å²) in [6.07, 6.45) is -3.42. The maximum Gasteiger partial charge on any atom is 0.414 e. The highest BCUT2D eigenvalue weighted by Crippen LogP contribution is 2.45. The number of pyridine rings is 1. The van der Waals surface area contributed by atoms with Crippen LogP contribution in [0.2, 0.25) is 0 Å². The van der Waals surface area contributed by atoms with Crippen molar-refractivity contribution in [2.24, 2.45) is 5.92 Å². The molecule has 0 spiro atoms. The van der Waals surface area contributed by atoms with Crippen LogP contribution in [0.4, 0.5) is 23.2 Å². The zero-order valence-corrected chi connectivity index (χ0v) is 23.4. The molecule has 11 heteroatoms. The minimum atomic E-state index is -4.39. The summed E-state index contributed by atoms with van der Waals surface area (Å²) in [5, 5.41) is 11.3. The van der Waals surface area contributed by atoms with Gasteiger partial charge >= 0.3 is 6.18 Å². The van der Waals surface area contributed by atoms with Crippen molar-refractivity contribution in [1.82, 2.24) is 0 Å². The van der Waals surface area contributed by atoms with Gasteiger partial charge in [0.15, 0.2) is 6.10 Å². The molecule has 3 unspecified atom stereocenters. The number of anilines is 1. The number of amides is 1. The van der Waals surface area contributed by atoms with Gasteiger partial charge in [0.1, 0.15) is 18.7 Å². The number of methoxy groups -OCH3 is 1. The molecule has 0 bridgehead atoms. The van der Waals surface area contributed by atoms with E-state index in [1.54, 1.807) is 25.3 Å². The van der Waals surface area contributed by atoms with Crippen molar-refractivity contribution in [3.63, 3.8) is 0 Å². The van der Waals surface area contributed by atoms with Crippen molar-refractivity contribution >= 4 is 12.1 Å². The van der Waals surface area contributed by atoms with Crippen LogP contribution >= 0.6 is 0 Å². The molecule has 7 nitrogen and oxygen atoms in total. The van der Waals surface area contributed by atoms with Crippen molar-refractivity contribution < 1.29 is 46.5 Å². The fourth-order valence-electron chi connectivity index (χ4n) is 3.91. The Morgan fingerprint density at radius 1 is 1.18 bits per heavy atom. The number of rotatable bonds is 7. The molecule has 1 fully saturated rings. The van der Waals surface area contributed by atoms with E-state index in [0.29, 0.717) is 35.4 Å². The van der Waals surface area contributed by atoms with Gasteiger partial charge in [-0.25, -0.2) is 4.39 Å². The number of benzene rings is 1. The van der Waals surface area contributed by atoms with Crippen molar-refractivity contribution in [1.29, 1.82) is 0 Å². The third-order valence-corrected chi connectivity index (χ3v) is 5.65. The van der Waals surface area contributed by atoms with E-state index in [1.807, 2.05) is 27.7 Å². The van der Waals surface area contributed by atoms with Crippen LogP contribution in [-0.4, -0.2) is 51.2 Å². The molecule has 2 aromatic rings. The second-order valence-electron chi connectivity index (χ2n) is 7.71. The largest absolute Gasteiger partial charge is 0.496 e. The SMILES string of the molecule is CC.CC.CO[n+]1ccc(NC=O)cc1CCO.COc1c(C2COC(C(F)(F)F)C2C)ccc(F)c1C. The van der Waals surface area contributed by atoms with Crippen LogP contribution in [0.1, 0.15) is 57.4 Å². The third kappa shape index (κ3) is 9.43. The first-order chi connectivity index (χ1) is 18.1. The number of alkyl halides is 3. The first-order valence-electron chi connectivity index (χ1n) is 12.5. The van der Waals surface area contributed by atoms with E-state index in [-0.39, 0.29) is 13.2 Å². The Morgan fingerprint density at radius 2 is 1.82 bits per heavy atom. The number of carbonyl (C=O) groups excluding carboxylic acids is 1. The molecule has 2 heterocycles. The smallest absolute Gasteiger partial charge is 0.414 e. The van der Waals surface area contributed by atoms with Crippen molar-refractivity contribution in [2.75, 3.05) is 32.8 Å². The average Bonchev–Trinajstić information content (AvgIpc) is 3.30. The van der Waals surface area contributed by atoms with E-state index in [0.717, 1.165) is 5.69 Å². The fourth-order valence-corrected chi connectivity index (χ4v) is 3.91. The van der Waals surface area contributed by atoms with Crippen molar-refractivity contribution in [3.05, 3.63) is 53.1 Å². The van der Waals surface area contributed by atoms with Crippen LogP contribution in [0.3, 0.4) is 0 Å². The minimum absolute atomic E-state index is 0.0356. The van der Waals surface area contributed by atoms with Crippen LogP contribution < -0.4 is 19.6 Å². The van der Waals surface area contributed by atoms with Gasteiger partial charge in [0.2, 0.25) is 18.3 Å². The molecule has 3 rings (SSSR count). The van der Waals surface area contributed by atoms with Gasteiger partial charge in [-0.15, -0.1) is 0 Å². The highest BCUT2D eigenvalue weighted by Gasteiger charge is 2.51. The lowest BCUT2D eigenvalue weighted by atomic mass is 9.85. The Bertz CT molecular complexity index is 973. The quantitative estimate of drug-likeness (QED) is 0.288. The second kappa shape index (κ2) is 17.6. The minimum Gasteiger partial charge on any atom is -0.496 e. The predicted molar refractivity (Wildman–Crippen MR) is 138 cm³/mol. The summed E-state index contributed by atoms with van der Waals surface area (Å²) < 4.78 is 63.5. The highest BCUT2D eigenvalue weighted by molar-refractivity contribution is 5.70. The molecular formula is C27H41F4N2O5+. The molecule has 1 amide bonds. The molecule has 216 valence electrons. The van der Waals surface area contributed by atoms with Gasteiger partial charge in [-0.2, -0.15) is 13.2 Å². The van der Waals surface area contributed by atoms with E-state index in [9.17, 15) is 22.4 Å². The summed E-state index contributed by atoms with van der Waals surface area (Å²) in [5.41, 5.74) is 2.33. The van der Waals surface area contributed by atoms with E-state index in [2.05, 4.69) is 5.32 Å². The van der Waals surface area contributed by atoms with E-state index < -0.39 is 29.9 Å². The fraction of sp³-hybridized carbons (Fsp3) is 0.556. The Kier molecular flexibility index (Phi) is 16.2. The average molecular weight is 550 g/mol. The predicted octanol–water partition coefficient (Wildman–Crippen LogP) is 5.01. The topological polar surface area (TPSA) is 80.9 Å². The van der Waals surface area contributed by atoms with Gasteiger partial charge < -0.3 is 19.9 Å². The van der Waals surface area contributed by atoms with E-state index in [4.69, 9.17) is 19.4 Å². The molecule has 3 atom stereocenters. The molecular weight excluding hydrogens is 508 g/mol. The molecule has 1 aliphatic heterocycles. The summed E-state index contributed by atoms with van der Waals surface area (Å²) in [7, 11) is 2.92. The Hall–Kier alpha value is -2.92. The molecule has 0 saturated carbocycles. The lowest BCUT2D eigenvalue weighted by Crippen LogP contribution is -2.44. The summed E-state index contributed by atoms with van der Waals surface area (Å²) in [6.45, 7) is 11.0. The van der Waals surface area contributed by atoms with E-state index in [1.165, 1.54) is 38.0 Å². The van der Waals surface area contributed by atoms with Gasteiger partial charge in [-0.05, 0) is 13.0 Å². The van der Waals surface area contributed by atoms with Crippen molar-refractivity contribution in [3.8, 4) is 5.75 Å². The molecule has 2 N–H and O–H groups in total. The summed E-state index contributed by atoms with van der Waals surface area (Å²) in [6, 6.07) is 6.18. The monoisotopic (exact) mass is 549 g/mol. The van der Waals surface area contributed by atoms with Crippen molar-refractivity contribution in [2.45, 2.75) is 66.2 Å². The van der Waals surface area contributed by atoms with Crippen LogP contribution in [-0.2, 0) is 16.0 Å². The number of ether oxygens (including phenoxy) is 2. The summed E-state index contributed by atoms with van der Waals surface area (Å²) in [4.78, 5) is 15.2. The normalized spacial score (nSPS) is 18.0. The summed E-state index contributed by atoms with van der Waals surface area (Å²) in [5.74, 6) is -1.34. The molecule has 1 aromatic carbocycles.